The summed E-state index contributed by atoms with van der Waals surface area (Å²) in [5.74, 6) is 0.123. The highest BCUT2D eigenvalue weighted by Crippen LogP contribution is 2.33. The van der Waals surface area contributed by atoms with Crippen LogP contribution >= 0.6 is 0 Å². The van der Waals surface area contributed by atoms with E-state index < -0.39 is 15.9 Å². The van der Waals surface area contributed by atoms with Gasteiger partial charge in [0.1, 0.15) is 5.75 Å². The number of carbonyl (C=O) groups excluding carboxylic acids is 2. The average molecular weight is 352 g/mol. The van der Waals surface area contributed by atoms with Gasteiger partial charge < -0.3 is 14.5 Å². The van der Waals surface area contributed by atoms with Crippen LogP contribution in [0, 0.1) is 0 Å². The summed E-state index contributed by atoms with van der Waals surface area (Å²) >= 11 is 0. The number of anilines is 1. The molecule has 1 aromatic rings. The molecule has 8 heteroatoms. The summed E-state index contributed by atoms with van der Waals surface area (Å²) in [6.45, 7) is 2.14. The van der Waals surface area contributed by atoms with Gasteiger partial charge in [0.2, 0.25) is 5.91 Å². The number of hydrogen-bond donors (Lipinski definition) is 0. The molecule has 0 saturated carbocycles. The van der Waals surface area contributed by atoms with Crippen LogP contribution in [-0.4, -0.2) is 62.4 Å². The fraction of sp³-hybridized carbons (Fsp3) is 0.500. The van der Waals surface area contributed by atoms with E-state index in [4.69, 9.17) is 4.74 Å². The quantitative estimate of drug-likeness (QED) is 0.733. The zero-order valence-corrected chi connectivity index (χ0v) is 14.3. The van der Waals surface area contributed by atoms with Crippen LogP contribution in [0.5, 0.6) is 5.75 Å². The molecule has 0 bridgehead atoms. The molecule has 1 atom stereocenters. The van der Waals surface area contributed by atoms with Gasteiger partial charge in [-0.25, -0.2) is 8.42 Å². The van der Waals surface area contributed by atoms with Gasteiger partial charge in [-0.1, -0.05) is 12.1 Å². The Morgan fingerprint density at radius 1 is 1.17 bits per heavy atom. The number of sulfone groups is 1. The van der Waals surface area contributed by atoms with Crippen LogP contribution in [0.1, 0.15) is 13.3 Å². The number of rotatable bonds is 1. The van der Waals surface area contributed by atoms with Crippen molar-refractivity contribution in [2.24, 2.45) is 0 Å². The van der Waals surface area contributed by atoms with Crippen molar-refractivity contribution in [3.63, 3.8) is 0 Å². The van der Waals surface area contributed by atoms with Crippen molar-refractivity contribution in [2.45, 2.75) is 19.4 Å². The molecule has 1 unspecified atom stereocenters. The summed E-state index contributed by atoms with van der Waals surface area (Å²) in [6, 6.07) is 7.08. The Morgan fingerprint density at radius 3 is 2.67 bits per heavy atom. The highest BCUT2D eigenvalue weighted by molar-refractivity contribution is 7.91. The third-order valence-corrected chi connectivity index (χ3v) is 6.01. The molecule has 2 aliphatic rings. The number of fused-ring (bicyclic) bond motifs is 1. The number of carbonyl (C=O) groups is 2. The first-order valence-electron chi connectivity index (χ1n) is 7.90. The predicted octanol–water partition coefficient (Wildman–Crippen LogP) is 0.448. The van der Waals surface area contributed by atoms with Crippen LogP contribution < -0.4 is 9.64 Å². The summed E-state index contributed by atoms with van der Waals surface area (Å²) in [7, 11) is -3.09. The van der Waals surface area contributed by atoms with Crippen molar-refractivity contribution in [3.05, 3.63) is 24.3 Å². The molecule has 0 aliphatic carbocycles. The zero-order chi connectivity index (χ0) is 17.3. The highest BCUT2D eigenvalue weighted by Gasteiger charge is 2.35. The van der Waals surface area contributed by atoms with Crippen molar-refractivity contribution in [1.82, 2.24) is 4.90 Å². The molecule has 0 N–H and O–H groups in total. The van der Waals surface area contributed by atoms with Gasteiger partial charge in [0.05, 0.1) is 23.7 Å². The lowest BCUT2D eigenvalue weighted by Crippen LogP contribution is -2.52. The van der Waals surface area contributed by atoms with Gasteiger partial charge >= 0.3 is 0 Å². The van der Waals surface area contributed by atoms with Gasteiger partial charge in [-0.05, 0) is 18.6 Å². The van der Waals surface area contributed by atoms with Crippen LogP contribution in [0.25, 0.3) is 0 Å². The van der Waals surface area contributed by atoms with Crippen molar-refractivity contribution in [2.75, 3.05) is 36.0 Å². The Hall–Kier alpha value is -2.09. The van der Waals surface area contributed by atoms with Crippen molar-refractivity contribution < 1.29 is 22.7 Å². The second kappa shape index (κ2) is 6.43. The minimum absolute atomic E-state index is 0.0293. The molecule has 2 aliphatic heterocycles. The Bertz CT molecular complexity index is 761. The molecule has 2 amide bonds. The van der Waals surface area contributed by atoms with E-state index in [0.29, 0.717) is 24.4 Å². The molecular weight excluding hydrogens is 332 g/mol. The van der Waals surface area contributed by atoms with E-state index in [2.05, 4.69) is 0 Å². The van der Waals surface area contributed by atoms with Crippen LogP contribution in [-0.2, 0) is 19.4 Å². The Kier molecular flexibility index (Phi) is 4.49. The maximum absolute atomic E-state index is 12.8. The normalized spacial score (nSPS) is 23.0. The number of hydrogen-bond acceptors (Lipinski definition) is 5. The summed E-state index contributed by atoms with van der Waals surface area (Å²) in [6.07, 6.45) is -0.391. The standard InChI is InChI=1S/C16H20N2O5S/c1-12(19)18-11-15(23-14-6-3-2-5-13(14)18)16(20)17-7-4-9-24(21,22)10-8-17/h2-3,5-6,15H,4,7-11H2,1H3. The first-order chi connectivity index (χ1) is 11.4. The molecule has 3 rings (SSSR count). The summed E-state index contributed by atoms with van der Waals surface area (Å²) in [5, 5.41) is 0. The lowest BCUT2D eigenvalue weighted by atomic mass is 10.1. The molecular formula is C16H20N2O5S. The van der Waals surface area contributed by atoms with Crippen LogP contribution in [0.2, 0.25) is 0 Å². The van der Waals surface area contributed by atoms with E-state index in [9.17, 15) is 18.0 Å². The van der Waals surface area contributed by atoms with Gasteiger partial charge in [0, 0.05) is 20.0 Å². The van der Waals surface area contributed by atoms with E-state index in [0.717, 1.165) is 0 Å². The second-order valence-corrected chi connectivity index (χ2v) is 8.34. The van der Waals surface area contributed by atoms with E-state index in [1.54, 1.807) is 24.3 Å². The van der Waals surface area contributed by atoms with Gasteiger partial charge in [-0.2, -0.15) is 0 Å². The SMILES string of the molecule is CC(=O)N1CC(C(=O)N2CCCS(=O)(=O)CC2)Oc2ccccc21. The molecule has 0 radical (unpaired) electrons. The lowest BCUT2D eigenvalue weighted by molar-refractivity contribution is -0.138. The van der Waals surface area contributed by atoms with Gasteiger partial charge in [-0.15, -0.1) is 0 Å². The Labute approximate surface area is 141 Å². The molecule has 1 fully saturated rings. The molecule has 2 heterocycles. The number of nitrogens with zero attached hydrogens (tertiary/aromatic N) is 2. The third kappa shape index (κ3) is 3.38. The van der Waals surface area contributed by atoms with Crippen molar-refractivity contribution in [1.29, 1.82) is 0 Å². The number of ether oxygens (including phenoxy) is 1. The monoisotopic (exact) mass is 352 g/mol. The number of para-hydroxylation sites is 2. The first kappa shape index (κ1) is 16.8. The molecule has 1 saturated heterocycles. The summed E-state index contributed by atoms with van der Waals surface area (Å²) in [4.78, 5) is 27.7. The average Bonchev–Trinajstić information content (AvgIpc) is 2.73. The minimum atomic E-state index is -3.09. The van der Waals surface area contributed by atoms with Crippen molar-refractivity contribution >= 4 is 27.3 Å². The second-order valence-electron chi connectivity index (χ2n) is 6.03. The lowest BCUT2D eigenvalue weighted by Gasteiger charge is -2.35. The zero-order valence-electron chi connectivity index (χ0n) is 13.5. The van der Waals surface area contributed by atoms with Crippen molar-refractivity contribution in [3.8, 4) is 5.75 Å². The van der Waals surface area contributed by atoms with Crippen LogP contribution in [0.15, 0.2) is 24.3 Å². The van der Waals surface area contributed by atoms with Gasteiger partial charge in [-0.3, -0.25) is 9.59 Å². The van der Waals surface area contributed by atoms with E-state index in [1.807, 2.05) is 0 Å². The number of amides is 2. The highest BCUT2D eigenvalue weighted by atomic mass is 32.2. The molecule has 24 heavy (non-hydrogen) atoms. The van der Waals surface area contributed by atoms with Crippen LogP contribution in [0.4, 0.5) is 5.69 Å². The Morgan fingerprint density at radius 2 is 1.92 bits per heavy atom. The maximum Gasteiger partial charge on any atom is 0.265 e. The van der Waals surface area contributed by atoms with E-state index in [1.165, 1.54) is 16.7 Å². The van der Waals surface area contributed by atoms with E-state index in [-0.39, 0.29) is 36.4 Å². The molecule has 0 aromatic heterocycles. The fourth-order valence-electron chi connectivity index (χ4n) is 3.02. The molecule has 130 valence electrons. The molecule has 0 spiro atoms. The smallest absolute Gasteiger partial charge is 0.265 e. The van der Waals surface area contributed by atoms with Gasteiger partial charge in [0.25, 0.3) is 5.91 Å². The first-order valence-corrected chi connectivity index (χ1v) is 9.72. The fourth-order valence-corrected chi connectivity index (χ4v) is 4.30. The van der Waals surface area contributed by atoms with Gasteiger partial charge in [0.15, 0.2) is 15.9 Å². The predicted molar refractivity (Wildman–Crippen MR) is 88.7 cm³/mol. The maximum atomic E-state index is 12.8. The minimum Gasteiger partial charge on any atom is -0.476 e. The number of benzene rings is 1. The third-order valence-electron chi connectivity index (χ3n) is 4.30. The summed E-state index contributed by atoms with van der Waals surface area (Å²) < 4.78 is 29.2. The topological polar surface area (TPSA) is 84.0 Å². The molecule has 7 nitrogen and oxygen atoms in total. The summed E-state index contributed by atoms with van der Waals surface area (Å²) in [5.41, 5.74) is 0.646. The Balaban J connectivity index is 1.80. The largest absolute Gasteiger partial charge is 0.476 e. The van der Waals surface area contributed by atoms with Crippen LogP contribution in [0.3, 0.4) is 0 Å². The van der Waals surface area contributed by atoms with E-state index >= 15 is 0 Å². The molecule has 1 aromatic carbocycles.